The minimum atomic E-state index is 0.112. The summed E-state index contributed by atoms with van der Waals surface area (Å²) in [5.41, 5.74) is 1.08. The van der Waals surface area contributed by atoms with E-state index in [0.29, 0.717) is 6.54 Å². The first-order valence-corrected chi connectivity index (χ1v) is 8.80. The first-order valence-electron chi connectivity index (χ1n) is 8.80. The van der Waals surface area contributed by atoms with Gasteiger partial charge in [0.05, 0.1) is 18.8 Å². The fraction of sp³-hybridized carbons (Fsp3) is 0.722. The van der Waals surface area contributed by atoms with Gasteiger partial charge in [-0.2, -0.15) is 0 Å². The maximum atomic E-state index is 11.8. The zero-order chi connectivity index (χ0) is 18.6. The fourth-order valence-corrected chi connectivity index (χ4v) is 3.07. The molecule has 1 fully saturated rings. The van der Waals surface area contributed by atoms with Gasteiger partial charge in [-0.1, -0.05) is 0 Å². The zero-order valence-corrected chi connectivity index (χ0v) is 16.3. The second-order valence-electron chi connectivity index (χ2n) is 7.33. The van der Waals surface area contributed by atoms with Crippen LogP contribution in [-0.2, 0) is 16.0 Å². The van der Waals surface area contributed by atoms with E-state index in [1.165, 1.54) is 0 Å². The highest BCUT2D eigenvalue weighted by atomic mass is 16.5. The van der Waals surface area contributed by atoms with Crippen molar-refractivity contribution < 1.29 is 9.53 Å². The lowest BCUT2D eigenvalue weighted by Crippen LogP contribution is -2.38. The Bertz CT molecular complexity index is 591. The van der Waals surface area contributed by atoms with E-state index in [0.717, 1.165) is 43.0 Å². The fourth-order valence-electron chi connectivity index (χ4n) is 3.07. The highest BCUT2D eigenvalue weighted by molar-refractivity contribution is 5.77. The predicted molar refractivity (Wildman–Crippen MR) is 98.9 cm³/mol. The average molecular weight is 349 g/mol. The Morgan fingerprint density at radius 2 is 1.88 bits per heavy atom. The molecule has 0 unspecified atom stereocenters. The van der Waals surface area contributed by atoms with Crippen LogP contribution in [0.5, 0.6) is 0 Å². The van der Waals surface area contributed by atoms with Gasteiger partial charge in [0.1, 0.15) is 11.6 Å². The lowest BCUT2D eigenvalue weighted by atomic mass is 10.1. The van der Waals surface area contributed by atoms with E-state index in [9.17, 15) is 4.79 Å². The second-order valence-corrected chi connectivity index (χ2v) is 7.33. The molecule has 0 radical (unpaired) electrons. The molecule has 2 heterocycles. The van der Waals surface area contributed by atoms with Gasteiger partial charge in [0, 0.05) is 52.9 Å². The largest absolute Gasteiger partial charge is 0.373 e. The molecular formula is C18H31N5O2. The molecule has 1 aromatic rings. The monoisotopic (exact) mass is 349 g/mol. The molecule has 0 bridgehead atoms. The van der Waals surface area contributed by atoms with Gasteiger partial charge in [-0.15, -0.1) is 0 Å². The van der Waals surface area contributed by atoms with Crippen molar-refractivity contribution in [2.75, 3.05) is 53.2 Å². The Kier molecular flexibility index (Phi) is 6.72. The van der Waals surface area contributed by atoms with Crippen molar-refractivity contribution in [2.24, 2.45) is 0 Å². The van der Waals surface area contributed by atoms with Crippen LogP contribution in [0.15, 0.2) is 6.20 Å². The maximum Gasteiger partial charge on any atom is 0.236 e. The molecule has 1 aliphatic rings. The normalized spacial score (nSPS) is 20.1. The summed E-state index contributed by atoms with van der Waals surface area (Å²) in [4.78, 5) is 26.5. The Hall–Kier alpha value is -1.73. The Morgan fingerprint density at radius 3 is 2.52 bits per heavy atom. The molecule has 1 aromatic heterocycles. The molecule has 0 aliphatic carbocycles. The summed E-state index contributed by atoms with van der Waals surface area (Å²) in [5.74, 6) is 1.90. The summed E-state index contributed by atoms with van der Waals surface area (Å²) in [6.45, 7) is 3.21. The molecule has 2 atom stereocenters. The number of aromatic nitrogens is 2. The molecule has 0 aromatic carbocycles. The molecule has 140 valence electrons. The number of nitrogens with zero attached hydrogens (tertiary/aromatic N) is 5. The van der Waals surface area contributed by atoms with E-state index in [1.807, 2.05) is 44.1 Å². The number of anilines is 1. The highest BCUT2D eigenvalue weighted by Crippen LogP contribution is 2.23. The van der Waals surface area contributed by atoms with Gasteiger partial charge in [0.15, 0.2) is 0 Å². The van der Waals surface area contributed by atoms with E-state index in [-0.39, 0.29) is 18.1 Å². The lowest BCUT2D eigenvalue weighted by Gasteiger charge is -2.22. The standard InChI is InChI=1S/C18H31N5O2/c1-13-10-19-16(20-18(13)22(4)5)9-14-7-8-15(25-14)11-23(6)12-17(24)21(2)3/h10,14-15H,7-9,11-12H2,1-6H3/t14-,15+/m0/s1. The van der Waals surface area contributed by atoms with Gasteiger partial charge in [-0.3, -0.25) is 9.69 Å². The smallest absolute Gasteiger partial charge is 0.236 e. The number of likely N-dealkylation sites (N-methyl/N-ethyl adjacent to an activating group) is 2. The molecule has 1 amide bonds. The van der Waals surface area contributed by atoms with Gasteiger partial charge >= 0.3 is 0 Å². The number of carbonyl (C=O) groups excluding carboxylic acids is 1. The molecule has 0 N–H and O–H groups in total. The third-order valence-electron chi connectivity index (χ3n) is 4.44. The van der Waals surface area contributed by atoms with Crippen molar-refractivity contribution in [1.82, 2.24) is 19.8 Å². The first-order chi connectivity index (χ1) is 11.8. The minimum Gasteiger partial charge on any atom is -0.373 e. The number of amides is 1. The molecule has 0 spiro atoms. The van der Waals surface area contributed by atoms with Crippen molar-refractivity contribution in [3.05, 3.63) is 17.6 Å². The van der Waals surface area contributed by atoms with Crippen LogP contribution < -0.4 is 4.90 Å². The third-order valence-corrected chi connectivity index (χ3v) is 4.44. The van der Waals surface area contributed by atoms with Crippen molar-refractivity contribution in [1.29, 1.82) is 0 Å². The number of hydrogen-bond donors (Lipinski definition) is 0. The lowest BCUT2D eigenvalue weighted by molar-refractivity contribution is -0.129. The van der Waals surface area contributed by atoms with Gasteiger partial charge < -0.3 is 14.5 Å². The maximum absolute atomic E-state index is 11.8. The van der Waals surface area contributed by atoms with Crippen LogP contribution in [0.25, 0.3) is 0 Å². The van der Waals surface area contributed by atoms with Crippen molar-refractivity contribution in [3.63, 3.8) is 0 Å². The van der Waals surface area contributed by atoms with Gasteiger partial charge in [0.25, 0.3) is 0 Å². The molecule has 7 nitrogen and oxygen atoms in total. The number of hydrogen-bond acceptors (Lipinski definition) is 6. The third kappa shape index (κ3) is 5.64. The molecule has 1 aliphatic heterocycles. The Balaban J connectivity index is 1.85. The minimum absolute atomic E-state index is 0.112. The van der Waals surface area contributed by atoms with Gasteiger partial charge in [0.2, 0.25) is 5.91 Å². The molecule has 7 heteroatoms. The van der Waals surface area contributed by atoms with Crippen LogP contribution in [0.4, 0.5) is 5.82 Å². The second kappa shape index (κ2) is 8.58. The quantitative estimate of drug-likeness (QED) is 0.731. The van der Waals surface area contributed by atoms with E-state index in [1.54, 1.807) is 19.0 Å². The summed E-state index contributed by atoms with van der Waals surface area (Å²) >= 11 is 0. The van der Waals surface area contributed by atoms with Crippen molar-refractivity contribution in [3.8, 4) is 0 Å². The SMILES string of the molecule is Cc1cnc(C[C@@H]2CC[C@H](CN(C)CC(=O)N(C)C)O2)nc1N(C)C. The van der Waals surface area contributed by atoms with Crippen LogP contribution >= 0.6 is 0 Å². The van der Waals surface area contributed by atoms with Crippen LogP contribution in [-0.4, -0.2) is 86.2 Å². The van der Waals surface area contributed by atoms with E-state index >= 15 is 0 Å². The predicted octanol–water partition coefficient (Wildman–Crippen LogP) is 0.961. The Morgan fingerprint density at radius 1 is 1.20 bits per heavy atom. The van der Waals surface area contributed by atoms with E-state index in [2.05, 4.69) is 9.97 Å². The number of rotatable bonds is 7. The summed E-state index contributed by atoms with van der Waals surface area (Å²) in [5, 5.41) is 0. The van der Waals surface area contributed by atoms with Crippen LogP contribution in [0.1, 0.15) is 24.2 Å². The average Bonchev–Trinajstić information content (AvgIpc) is 2.95. The molecule has 25 heavy (non-hydrogen) atoms. The Labute approximate surface area is 151 Å². The van der Waals surface area contributed by atoms with Crippen LogP contribution in [0.3, 0.4) is 0 Å². The van der Waals surface area contributed by atoms with E-state index in [4.69, 9.17) is 4.74 Å². The summed E-state index contributed by atoms with van der Waals surface area (Å²) in [6, 6.07) is 0. The summed E-state index contributed by atoms with van der Waals surface area (Å²) in [7, 11) is 9.51. The zero-order valence-electron chi connectivity index (χ0n) is 16.3. The highest BCUT2D eigenvalue weighted by Gasteiger charge is 2.27. The van der Waals surface area contributed by atoms with Crippen LogP contribution in [0.2, 0.25) is 0 Å². The number of aryl methyl sites for hydroxylation is 1. The topological polar surface area (TPSA) is 61.8 Å². The van der Waals surface area contributed by atoms with Crippen molar-refractivity contribution in [2.45, 2.75) is 38.4 Å². The van der Waals surface area contributed by atoms with Gasteiger partial charge in [-0.05, 0) is 26.8 Å². The summed E-state index contributed by atoms with van der Waals surface area (Å²) in [6.07, 6.45) is 4.96. The molecule has 1 saturated heterocycles. The van der Waals surface area contributed by atoms with E-state index < -0.39 is 0 Å². The summed E-state index contributed by atoms with van der Waals surface area (Å²) < 4.78 is 6.15. The molecule has 0 saturated carbocycles. The molecular weight excluding hydrogens is 318 g/mol. The number of carbonyl (C=O) groups is 1. The van der Waals surface area contributed by atoms with Crippen LogP contribution in [0, 0.1) is 6.92 Å². The van der Waals surface area contributed by atoms with Crippen molar-refractivity contribution >= 4 is 11.7 Å². The number of ether oxygens (including phenoxy) is 1. The first kappa shape index (κ1) is 19.6. The van der Waals surface area contributed by atoms with Gasteiger partial charge in [-0.25, -0.2) is 9.97 Å². The molecule has 2 rings (SSSR count).